The summed E-state index contributed by atoms with van der Waals surface area (Å²) in [6.07, 6.45) is 0. The molecule has 9 nitrogen and oxygen atoms in total. The number of anilines is 2. The molecule has 3 aromatic carbocycles. The average Bonchev–Trinajstić information content (AvgIpc) is 3.26. The van der Waals surface area contributed by atoms with E-state index >= 15 is 0 Å². The molecule has 0 aliphatic heterocycles. The van der Waals surface area contributed by atoms with Crippen LogP contribution in [0.25, 0.3) is 10.2 Å². The van der Waals surface area contributed by atoms with Crippen LogP contribution in [-0.4, -0.2) is 22.4 Å². The van der Waals surface area contributed by atoms with Crippen molar-refractivity contribution >= 4 is 44.2 Å². The zero-order valence-electron chi connectivity index (χ0n) is 20.2. The monoisotopic (exact) mass is 511 g/mol. The minimum atomic E-state index is -1.03. The summed E-state index contributed by atoms with van der Waals surface area (Å²) in [6, 6.07) is 20.9. The van der Waals surface area contributed by atoms with Gasteiger partial charge in [-0.2, -0.15) is 10.5 Å². The Morgan fingerprint density at radius 2 is 1.76 bits per heavy atom. The number of nitrogens with one attached hydrogen (secondary N) is 2. The first-order valence-corrected chi connectivity index (χ1v) is 11.9. The van der Waals surface area contributed by atoms with E-state index in [1.54, 1.807) is 74.5 Å². The molecule has 0 unspecified atom stereocenters. The van der Waals surface area contributed by atoms with Gasteiger partial charge < -0.3 is 20.1 Å². The second-order valence-corrected chi connectivity index (χ2v) is 9.43. The number of rotatable bonds is 7. The second kappa shape index (κ2) is 10.4. The minimum Gasteiger partial charge on any atom is -0.473 e. The van der Waals surface area contributed by atoms with Gasteiger partial charge in [-0.1, -0.05) is 23.5 Å². The van der Waals surface area contributed by atoms with Crippen LogP contribution in [0, 0.1) is 22.7 Å². The predicted molar refractivity (Wildman–Crippen MR) is 140 cm³/mol. The van der Waals surface area contributed by atoms with Crippen molar-refractivity contribution in [2.45, 2.75) is 26.4 Å². The lowest BCUT2D eigenvalue weighted by Crippen LogP contribution is -2.25. The lowest BCUT2D eigenvalue weighted by Gasteiger charge is -2.18. The van der Waals surface area contributed by atoms with E-state index in [-0.39, 0.29) is 17.4 Å². The van der Waals surface area contributed by atoms with Gasteiger partial charge in [-0.15, -0.1) is 0 Å². The maximum atomic E-state index is 12.8. The SMILES string of the molecule is CC(=O)Nc1nc2ccc(Oc3cccc(NC(=O)c4cccc(OC(C)(C)C#N)c4)c3)c(C#N)c2s1. The lowest BCUT2D eigenvalue weighted by atomic mass is 10.1. The Morgan fingerprint density at radius 3 is 2.49 bits per heavy atom. The van der Waals surface area contributed by atoms with Crippen LogP contribution in [0.15, 0.2) is 60.7 Å². The number of benzene rings is 3. The van der Waals surface area contributed by atoms with Crippen LogP contribution in [0.3, 0.4) is 0 Å². The average molecular weight is 512 g/mol. The van der Waals surface area contributed by atoms with E-state index in [1.807, 2.05) is 0 Å². The van der Waals surface area contributed by atoms with Crippen molar-refractivity contribution in [3.8, 4) is 29.4 Å². The van der Waals surface area contributed by atoms with E-state index in [0.29, 0.717) is 43.8 Å². The number of hydrogen-bond acceptors (Lipinski definition) is 8. The molecule has 0 radical (unpaired) electrons. The summed E-state index contributed by atoms with van der Waals surface area (Å²) in [5.74, 6) is 0.514. The largest absolute Gasteiger partial charge is 0.473 e. The Balaban J connectivity index is 1.53. The molecule has 2 amide bonds. The van der Waals surface area contributed by atoms with E-state index in [9.17, 15) is 20.1 Å². The molecule has 4 rings (SSSR count). The Hall–Kier alpha value is -4.93. The van der Waals surface area contributed by atoms with Crippen molar-refractivity contribution in [2.24, 2.45) is 0 Å². The molecule has 0 spiro atoms. The maximum Gasteiger partial charge on any atom is 0.255 e. The van der Waals surface area contributed by atoms with Crippen molar-refractivity contribution in [1.82, 2.24) is 4.98 Å². The number of hydrogen-bond donors (Lipinski definition) is 2. The van der Waals surface area contributed by atoms with Crippen LogP contribution in [0.1, 0.15) is 36.7 Å². The third-order valence-corrected chi connectivity index (χ3v) is 5.98. The van der Waals surface area contributed by atoms with E-state index in [1.165, 1.54) is 18.3 Å². The van der Waals surface area contributed by atoms with Gasteiger partial charge in [-0.3, -0.25) is 9.59 Å². The lowest BCUT2D eigenvalue weighted by molar-refractivity contribution is -0.114. The summed E-state index contributed by atoms with van der Waals surface area (Å²) < 4.78 is 12.2. The maximum absolute atomic E-state index is 12.8. The Morgan fingerprint density at radius 1 is 1.00 bits per heavy atom. The molecule has 184 valence electrons. The fourth-order valence-electron chi connectivity index (χ4n) is 3.35. The van der Waals surface area contributed by atoms with E-state index in [0.717, 1.165) is 0 Å². The third-order valence-electron chi connectivity index (χ3n) is 4.97. The second-order valence-electron chi connectivity index (χ2n) is 8.43. The van der Waals surface area contributed by atoms with E-state index in [4.69, 9.17) is 9.47 Å². The highest BCUT2D eigenvalue weighted by Gasteiger charge is 2.19. The topological polar surface area (TPSA) is 137 Å². The number of amides is 2. The minimum absolute atomic E-state index is 0.252. The molecule has 0 aliphatic carbocycles. The van der Waals surface area contributed by atoms with Crippen molar-refractivity contribution in [3.05, 3.63) is 71.8 Å². The summed E-state index contributed by atoms with van der Waals surface area (Å²) >= 11 is 1.19. The van der Waals surface area contributed by atoms with Crippen LogP contribution in [-0.2, 0) is 4.79 Å². The summed E-state index contributed by atoms with van der Waals surface area (Å²) in [7, 11) is 0. The normalized spacial score (nSPS) is 10.7. The van der Waals surface area contributed by atoms with Crippen LogP contribution < -0.4 is 20.1 Å². The first kappa shape index (κ1) is 25.2. The highest BCUT2D eigenvalue weighted by atomic mass is 32.1. The van der Waals surface area contributed by atoms with Gasteiger partial charge >= 0.3 is 0 Å². The molecule has 4 aromatic rings. The quantitative estimate of drug-likeness (QED) is 0.317. The predicted octanol–water partition coefficient (Wildman–Crippen LogP) is 5.85. The molecular formula is C27H21N5O4S. The number of carbonyl (C=O) groups is 2. The van der Waals surface area contributed by atoms with Gasteiger partial charge in [0.15, 0.2) is 10.7 Å². The first-order chi connectivity index (χ1) is 17.7. The standard InChI is InChI=1S/C27H21N5O4S/c1-16(33)30-26-32-22-10-11-23(21(14-28)24(22)37-26)35-19-8-5-7-18(13-19)31-25(34)17-6-4-9-20(12-17)36-27(2,3)15-29/h4-13H,1-3H3,(H,31,34)(H,30,32,33). The molecule has 1 aromatic heterocycles. The molecule has 0 aliphatic rings. The molecule has 1 heterocycles. The smallest absolute Gasteiger partial charge is 0.255 e. The van der Waals surface area contributed by atoms with Gasteiger partial charge in [0.25, 0.3) is 5.91 Å². The van der Waals surface area contributed by atoms with Gasteiger partial charge in [0.2, 0.25) is 5.91 Å². The van der Waals surface area contributed by atoms with E-state index < -0.39 is 5.60 Å². The zero-order chi connectivity index (χ0) is 26.6. The molecule has 10 heteroatoms. The van der Waals surface area contributed by atoms with Gasteiger partial charge in [-0.25, -0.2) is 4.98 Å². The van der Waals surface area contributed by atoms with Crippen molar-refractivity contribution < 1.29 is 19.1 Å². The number of aromatic nitrogens is 1. The molecule has 0 fully saturated rings. The first-order valence-electron chi connectivity index (χ1n) is 11.1. The number of thiazole rings is 1. The highest BCUT2D eigenvalue weighted by Crippen LogP contribution is 2.36. The number of nitriles is 2. The summed E-state index contributed by atoms with van der Waals surface area (Å²) in [5.41, 5.74) is 0.670. The number of ether oxygens (including phenoxy) is 2. The van der Waals surface area contributed by atoms with Crippen LogP contribution in [0.2, 0.25) is 0 Å². The summed E-state index contributed by atoms with van der Waals surface area (Å²) in [5, 5.41) is 24.8. The van der Waals surface area contributed by atoms with Crippen molar-refractivity contribution in [1.29, 1.82) is 10.5 Å². The molecule has 0 saturated heterocycles. The van der Waals surface area contributed by atoms with E-state index in [2.05, 4.69) is 27.8 Å². The number of carbonyl (C=O) groups excluding carboxylic acids is 2. The Labute approximate surface area is 216 Å². The number of nitrogens with zero attached hydrogens (tertiary/aromatic N) is 3. The molecule has 0 atom stereocenters. The van der Waals surface area contributed by atoms with Gasteiger partial charge in [0, 0.05) is 24.2 Å². The molecule has 0 bridgehead atoms. The fraction of sp³-hybridized carbons (Fsp3) is 0.148. The van der Waals surface area contributed by atoms with Crippen molar-refractivity contribution in [2.75, 3.05) is 10.6 Å². The van der Waals surface area contributed by atoms with Crippen LogP contribution in [0.4, 0.5) is 10.8 Å². The molecule has 2 N–H and O–H groups in total. The van der Waals surface area contributed by atoms with Crippen molar-refractivity contribution in [3.63, 3.8) is 0 Å². The molecule has 37 heavy (non-hydrogen) atoms. The van der Waals surface area contributed by atoms with Gasteiger partial charge in [0.05, 0.1) is 10.2 Å². The molecule has 0 saturated carbocycles. The third kappa shape index (κ3) is 6.01. The molecular weight excluding hydrogens is 490 g/mol. The van der Waals surface area contributed by atoms with Crippen LogP contribution >= 0.6 is 11.3 Å². The fourth-order valence-corrected chi connectivity index (χ4v) is 4.35. The van der Waals surface area contributed by atoms with Crippen LogP contribution in [0.5, 0.6) is 17.2 Å². The zero-order valence-corrected chi connectivity index (χ0v) is 21.0. The Kier molecular flexibility index (Phi) is 7.05. The Bertz CT molecular complexity index is 1600. The summed E-state index contributed by atoms with van der Waals surface area (Å²) in [4.78, 5) is 28.5. The highest BCUT2D eigenvalue weighted by molar-refractivity contribution is 7.22. The number of fused-ring (bicyclic) bond motifs is 1. The summed E-state index contributed by atoms with van der Waals surface area (Å²) in [6.45, 7) is 4.66. The van der Waals surface area contributed by atoms with Gasteiger partial charge in [0.1, 0.15) is 35.0 Å². The van der Waals surface area contributed by atoms with Gasteiger partial charge in [-0.05, 0) is 56.3 Å².